The van der Waals surface area contributed by atoms with Gasteiger partial charge in [0.15, 0.2) is 0 Å². The van der Waals surface area contributed by atoms with Crippen molar-refractivity contribution < 1.29 is 0 Å². The Bertz CT molecular complexity index is 246. The molecule has 0 aromatic rings. The predicted octanol–water partition coefficient (Wildman–Crippen LogP) is 2.91. The third-order valence-corrected chi connectivity index (χ3v) is 3.12. The summed E-state index contributed by atoms with van der Waals surface area (Å²) >= 11 is 0. The summed E-state index contributed by atoms with van der Waals surface area (Å²) in [7, 11) is 0. The zero-order valence-electron chi connectivity index (χ0n) is 11.2. The Balaban J connectivity index is 2.11. The molecule has 0 spiro atoms. The van der Waals surface area contributed by atoms with Crippen LogP contribution in [0, 0.1) is 0 Å². The molecule has 0 aromatic heterocycles. The van der Waals surface area contributed by atoms with Crippen LogP contribution in [0.4, 0.5) is 0 Å². The molecule has 1 heterocycles. The number of rotatable bonds is 8. The first kappa shape index (κ1) is 14.1. The van der Waals surface area contributed by atoms with Gasteiger partial charge in [-0.05, 0) is 19.8 Å². The van der Waals surface area contributed by atoms with Gasteiger partial charge in [-0.2, -0.15) is 0 Å². The van der Waals surface area contributed by atoms with Crippen molar-refractivity contribution >= 4 is 0 Å². The van der Waals surface area contributed by atoms with Gasteiger partial charge in [0.25, 0.3) is 0 Å². The van der Waals surface area contributed by atoms with Crippen molar-refractivity contribution in [3.05, 3.63) is 24.6 Å². The Morgan fingerprint density at radius 1 is 1.35 bits per heavy atom. The fraction of sp³-hybridized carbons (Fsp3) is 0.714. The number of allylic oxidation sites excluding steroid dienone is 1. The lowest BCUT2D eigenvalue weighted by Crippen LogP contribution is -2.44. The van der Waals surface area contributed by atoms with Crippen LogP contribution in [-0.4, -0.2) is 17.2 Å². The Labute approximate surface area is 106 Å². The van der Waals surface area contributed by atoms with Crippen LogP contribution in [0.3, 0.4) is 0 Å². The minimum atomic E-state index is 0.0733. The number of hydrogen-bond acceptors (Lipinski definition) is 3. The van der Waals surface area contributed by atoms with Crippen molar-refractivity contribution in [1.82, 2.24) is 10.2 Å². The van der Waals surface area contributed by atoms with Crippen LogP contribution in [0.5, 0.6) is 0 Å². The van der Waals surface area contributed by atoms with Gasteiger partial charge in [0.05, 0.1) is 6.17 Å². The zero-order valence-corrected chi connectivity index (χ0v) is 11.2. The van der Waals surface area contributed by atoms with Crippen LogP contribution in [0.25, 0.3) is 0 Å². The SMILES string of the molecule is CCCCCC/C=C/CC1NC=CN1C(C)N. The average Bonchev–Trinajstić information content (AvgIpc) is 2.76. The lowest BCUT2D eigenvalue weighted by molar-refractivity contribution is 0.223. The second-order valence-electron chi connectivity index (χ2n) is 4.74. The van der Waals surface area contributed by atoms with E-state index < -0.39 is 0 Å². The molecule has 3 nitrogen and oxygen atoms in total. The molecule has 0 aromatic carbocycles. The summed E-state index contributed by atoms with van der Waals surface area (Å²) in [5.74, 6) is 0. The molecule has 0 aliphatic carbocycles. The van der Waals surface area contributed by atoms with Crippen LogP contribution in [0.2, 0.25) is 0 Å². The highest BCUT2D eigenvalue weighted by molar-refractivity contribution is 4.99. The molecule has 2 atom stereocenters. The van der Waals surface area contributed by atoms with E-state index in [0.717, 1.165) is 6.42 Å². The lowest BCUT2D eigenvalue weighted by atomic mass is 10.1. The van der Waals surface area contributed by atoms with E-state index in [-0.39, 0.29) is 6.17 Å². The molecule has 98 valence electrons. The van der Waals surface area contributed by atoms with Gasteiger partial charge in [0.1, 0.15) is 6.17 Å². The Kier molecular flexibility index (Phi) is 6.78. The molecule has 0 amide bonds. The topological polar surface area (TPSA) is 41.3 Å². The lowest BCUT2D eigenvalue weighted by Gasteiger charge is -2.28. The largest absolute Gasteiger partial charge is 0.370 e. The minimum Gasteiger partial charge on any atom is -0.370 e. The molecule has 1 rings (SSSR count). The van der Waals surface area contributed by atoms with Crippen LogP contribution in [-0.2, 0) is 0 Å². The number of unbranched alkanes of at least 4 members (excludes halogenated alkanes) is 4. The van der Waals surface area contributed by atoms with Crippen molar-refractivity contribution in [2.75, 3.05) is 0 Å². The number of hydrogen-bond donors (Lipinski definition) is 2. The average molecular weight is 237 g/mol. The maximum atomic E-state index is 5.88. The molecule has 3 N–H and O–H groups in total. The molecular formula is C14H27N3. The number of nitrogens with two attached hydrogens (primary N) is 1. The predicted molar refractivity (Wildman–Crippen MR) is 74.1 cm³/mol. The molecule has 0 bridgehead atoms. The van der Waals surface area contributed by atoms with Crippen LogP contribution >= 0.6 is 0 Å². The van der Waals surface area contributed by atoms with Gasteiger partial charge >= 0.3 is 0 Å². The molecule has 3 heteroatoms. The zero-order chi connectivity index (χ0) is 12.5. The summed E-state index contributed by atoms with van der Waals surface area (Å²) in [5.41, 5.74) is 5.88. The fourth-order valence-corrected chi connectivity index (χ4v) is 2.07. The quantitative estimate of drug-likeness (QED) is 0.504. The highest BCUT2D eigenvalue weighted by Crippen LogP contribution is 2.11. The van der Waals surface area contributed by atoms with Gasteiger partial charge in [-0.25, -0.2) is 0 Å². The van der Waals surface area contributed by atoms with E-state index in [0.29, 0.717) is 6.17 Å². The maximum absolute atomic E-state index is 5.88. The Hall–Kier alpha value is -0.960. The van der Waals surface area contributed by atoms with E-state index >= 15 is 0 Å². The molecule has 0 saturated carbocycles. The highest BCUT2D eigenvalue weighted by Gasteiger charge is 2.19. The first-order valence-corrected chi connectivity index (χ1v) is 6.86. The summed E-state index contributed by atoms with van der Waals surface area (Å²) in [5, 5.41) is 3.31. The molecule has 1 aliphatic rings. The van der Waals surface area contributed by atoms with E-state index in [1.54, 1.807) is 0 Å². The molecule has 0 saturated heterocycles. The third kappa shape index (κ3) is 5.26. The highest BCUT2D eigenvalue weighted by atomic mass is 15.3. The molecule has 17 heavy (non-hydrogen) atoms. The molecule has 1 aliphatic heterocycles. The second-order valence-corrected chi connectivity index (χ2v) is 4.74. The maximum Gasteiger partial charge on any atom is 0.103 e. The second kappa shape index (κ2) is 8.18. The summed E-state index contributed by atoms with van der Waals surface area (Å²) in [6.45, 7) is 4.26. The van der Waals surface area contributed by atoms with Gasteiger partial charge in [-0.1, -0.05) is 38.3 Å². The minimum absolute atomic E-state index is 0.0733. The third-order valence-electron chi connectivity index (χ3n) is 3.12. The van der Waals surface area contributed by atoms with E-state index in [1.807, 2.05) is 19.3 Å². The van der Waals surface area contributed by atoms with Gasteiger partial charge < -0.3 is 16.0 Å². The monoisotopic (exact) mass is 237 g/mol. The van der Waals surface area contributed by atoms with E-state index in [9.17, 15) is 0 Å². The van der Waals surface area contributed by atoms with Gasteiger partial charge in [-0.15, -0.1) is 0 Å². The van der Waals surface area contributed by atoms with Gasteiger partial charge in [0, 0.05) is 18.8 Å². The van der Waals surface area contributed by atoms with Crippen molar-refractivity contribution in [2.24, 2.45) is 5.73 Å². The van der Waals surface area contributed by atoms with Gasteiger partial charge in [0.2, 0.25) is 0 Å². The molecule has 0 fully saturated rings. The first-order chi connectivity index (χ1) is 8.25. The first-order valence-electron chi connectivity index (χ1n) is 6.86. The van der Waals surface area contributed by atoms with Crippen molar-refractivity contribution in [3.8, 4) is 0 Å². The van der Waals surface area contributed by atoms with Crippen molar-refractivity contribution in [1.29, 1.82) is 0 Å². The van der Waals surface area contributed by atoms with Crippen LogP contribution < -0.4 is 11.1 Å². The Morgan fingerprint density at radius 2 is 2.18 bits per heavy atom. The standard InChI is InChI=1S/C14H27N3/c1-3-4-5-6-7-8-9-10-14-16-11-12-17(14)13(2)15/h8-9,11-14,16H,3-7,10,15H2,1-2H3/b9-8+. The van der Waals surface area contributed by atoms with Crippen LogP contribution in [0.1, 0.15) is 52.4 Å². The summed E-state index contributed by atoms with van der Waals surface area (Å²) in [6, 6.07) is 0. The Morgan fingerprint density at radius 3 is 2.88 bits per heavy atom. The van der Waals surface area contributed by atoms with Crippen molar-refractivity contribution in [3.63, 3.8) is 0 Å². The van der Waals surface area contributed by atoms with E-state index in [4.69, 9.17) is 5.73 Å². The van der Waals surface area contributed by atoms with Crippen LogP contribution in [0.15, 0.2) is 24.6 Å². The fourth-order valence-electron chi connectivity index (χ4n) is 2.07. The smallest absolute Gasteiger partial charge is 0.103 e. The van der Waals surface area contributed by atoms with Gasteiger partial charge in [-0.3, -0.25) is 0 Å². The van der Waals surface area contributed by atoms with E-state index in [2.05, 4.69) is 29.3 Å². The molecule has 0 radical (unpaired) electrons. The molecular weight excluding hydrogens is 210 g/mol. The summed E-state index contributed by atoms with van der Waals surface area (Å²) in [6.07, 6.45) is 16.6. The summed E-state index contributed by atoms with van der Waals surface area (Å²) < 4.78 is 0. The molecule has 2 unspecified atom stereocenters. The number of nitrogens with zero attached hydrogens (tertiary/aromatic N) is 1. The van der Waals surface area contributed by atoms with E-state index in [1.165, 1.54) is 32.1 Å². The summed E-state index contributed by atoms with van der Waals surface area (Å²) in [4.78, 5) is 2.15. The van der Waals surface area contributed by atoms with Crippen molar-refractivity contribution in [2.45, 2.75) is 64.7 Å². The normalized spacial score (nSPS) is 21.1. The number of nitrogens with one attached hydrogen (secondary N) is 1.